The van der Waals surface area contributed by atoms with Crippen molar-refractivity contribution in [1.82, 2.24) is 0 Å². The summed E-state index contributed by atoms with van der Waals surface area (Å²) in [7, 11) is 0. The van der Waals surface area contributed by atoms with Gasteiger partial charge in [-0.15, -0.1) is 0 Å². The monoisotopic (exact) mass is 242 g/mol. The number of hydrogen-bond donors (Lipinski definition) is 2. The molecule has 0 saturated heterocycles. The quantitative estimate of drug-likeness (QED) is 0.476. The number of ether oxygens (including phenoxy) is 1. The van der Waals surface area contributed by atoms with Crippen molar-refractivity contribution in [3.8, 4) is 0 Å². The fourth-order valence-corrected chi connectivity index (χ4v) is 1.27. The highest BCUT2D eigenvalue weighted by Crippen LogP contribution is 2.20. The maximum atomic E-state index is 7.51. The summed E-state index contributed by atoms with van der Waals surface area (Å²) in [5, 5.41) is 7.51. The van der Waals surface area contributed by atoms with Crippen molar-refractivity contribution in [2.24, 2.45) is 0 Å². The molecule has 13 heavy (non-hydrogen) atoms. The zero-order chi connectivity index (χ0) is 9.84. The lowest BCUT2D eigenvalue weighted by Gasteiger charge is -2.05. The highest BCUT2D eigenvalue weighted by atomic mass is 79.9. The second-order valence-corrected chi connectivity index (χ2v) is 3.35. The molecule has 0 aliphatic heterocycles. The van der Waals surface area contributed by atoms with E-state index >= 15 is 0 Å². The van der Waals surface area contributed by atoms with E-state index in [2.05, 4.69) is 15.9 Å². The minimum atomic E-state index is 0.170. The van der Waals surface area contributed by atoms with Crippen LogP contribution in [0, 0.1) is 5.41 Å². The summed E-state index contributed by atoms with van der Waals surface area (Å²) in [4.78, 5) is 0. The highest BCUT2D eigenvalue weighted by molar-refractivity contribution is 9.10. The Morgan fingerprint density at radius 2 is 2.31 bits per heavy atom. The topological polar surface area (TPSA) is 59.1 Å². The molecular weight excluding hydrogens is 232 g/mol. The van der Waals surface area contributed by atoms with E-state index in [1.165, 1.54) is 0 Å². The van der Waals surface area contributed by atoms with E-state index in [4.69, 9.17) is 15.9 Å². The number of nitrogens with one attached hydrogen (secondary N) is 1. The van der Waals surface area contributed by atoms with E-state index in [0.717, 1.165) is 10.0 Å². The molecule has 1 rings (SSSR count). The van der Waals surface area contributed by atoms with E-state index < -0.39 is 0 Å². The predicted octanol–water partition coefficient (Wildman–Crippen LogP) is 2.39. The third kappa shape index (κ3) is 2.45. The molecular formula is C9H11BrN2O. The molecule has 0 bridgehead atoms. The van der Waals surface area contributed by atoms with Crippen molar-refractivity contribution in [3.63, 3.8) is 0 Å². The number of nitrogen functional groups attached to an aromatic ring is 1. The Morgan fingerprint density at radius 1 is 1.62 bits per heavy atom. The average Bonchev–Trinajstić information content (AvgIpc) is 2.10. The molecule has 0 saturated carbocycles. The van der Waals surface area contributed by atoms with Crippen molar-refractivity contribution in [2.45, 2.75) is 6.92 Å². The summed E-state index contributed by atoms with van der Waals surface area (Å²) >= 11 is 3.29. The molecule has 0 atom stereocenters. The Bertz CT molecular complexity index is 325. The predicted molar refractivity (Wildman–Crippen MR) is 57.0 cm³/mol. The van der Waals surface area contributed by atoms with Crippen molar-refractivity contribution in [2.75, 3.05) is 12.3 Å². The van der Waals surface area contributed by atoms with Gasteiger partial charge in [-0.1, -0.05) is 0 Å². The summed E-state index contributed by atoms with van der Waals surface area (Å²) < 4.78 is 5.83. The number of benzene rings is 1. The average molecular weight is 243 g/mol. The molecule has 1 aromatic carbocycles. The van der Waals surface area contributed by atoms with Crippen LogP contribution in [0.3, 0.4) is 0 Å². The molecule has 3 N–H and O–H groups in total. The Balaban J connectivity index is 2.90. The molecule has 0 amide bonds. The van der Waals surface area contributed by atoms with Crippen molar-refractivity contribution in [1.29, 1.82) is 5.41 Å². The van der Waals surface area contributed by atoms with Crippen LogP contribution in [0.5, 0.6) is 0 Å². The summed E-state index contributed by atoms with van der Waals surface area (Å²) in [5.41, 5.74) is 6.99. The first-order valence-corrected chi connectivity index (χ1v) is 4.71. The molecule has 0 spiro atoms. The van der Waals surface area contributed by atoms with Crippen LogP contribution in [0.1, 0.15) is 12.5 Å². The molecule has 3 nitrogen and oxygen atoms in total. The molecule has 0 aliphatic carbocycles. The summed E-state index contributed by atoms with van der Waals surface area (Å²) in [6.07, 6.45) is 0. The summed E-state index contributed by atoms with van der Waals surface area (Å²) in [6, 6.07) is 5.28. The van der Waals surface area contributed by atoms with Crippen LogP contribution in [0.4, 0.5) is 5.69 Å². The lowest BCUT2D eigenvalue weighted by Crippen LogP contribution is -2.04. The van der Waals surface area contributed by atoms with Crippen LogP contribution in [0.25, 0.3) is 0 Å². The van der Waals surface area contributed by atoms with Crippen molar-refractivity contribution >= 4 is 27.5 Å². The molecule has 0 fully saturated rings. The van der Waals surface area contributed by atoms with Crippen LogP contribution in [-0.2, 0) is 4.74 Å². The Hall–Kier alpha value is -1.03. The minimum Gasteiger partial charge on any atom is -0.478 e. The molecule has 0 heterocycles. The highest BCUT2D eigenvalue weighted by Gasteiger charge is 2.03. The van der Waals surface area contributed by atoms with E-state index in [-0.39, 0.29) is 5.90 Å². The van der Waals surface area contributed by atoms with Gasteiger partial charge in [0, 0.05) is 15.7 Å². The third-order valence-corrected chi connectivity index (χ3v) is 2.24. The minimum absolute atomic E-state index is 0.170. The van der Waals surface area contributed by atoms with Gasteiger partial charge in [0.25, 0.3) is 0 Å². The van der Waals surface area contributed by atoms with Gasteiger partial charge < -0.3 is 10.5 Å². The number of anilines is 1. The number of halogens is 1. The summed E-state index contributed by atoms with van der Waals surface area (Å²) in [6.45, 7) is 2.35. The van der Waals surface area contributed by atoms with Crippen LogP contribution in [0.15, 0.2) is 22.7 Å². The number of nitrogens with two attached hydrogens (primary N) is 1. The van der Waals surface area contributed by atoms with Gasteiger partial charge in [0.05, 0.1) is 6.61 Å². The van der Waals surface area contributed by atoms with Gasteiger partial charge in [0.1, 0.15) is 0 Å². The standard InChI is InChI=1S/C9H11BrN2O/c1-2-13-9(12)6-3-4-8(11)7(10)5-6/h3-5,12H,2,11H2,1H3. The van der Waals surface area contributed by atoms with Gasteiger partial charge >= 0.3 is 0 Å². The normalized spacial score (nSPS) is 9.69. The van der Waals surface area contributed by atoms with Crippen LogP contribution in [-0.4, -0.2) is 12.5 Å². The van der Waals surface area contributed by atoms with Crippen molar-refractivity contribution in [3.05, 3.63) is 28.2 Å². The maximum absolute atomic E-state index is 7.51. The lowest BCUT2D eigenvalue weighted by molar-refractivity contribution is 0.325. The summed E-state index contributed by atoms with van der Waals surface area (Å²) in [5.74, 6) is 0.170. The lowest BCUT2D eigenvalue weighted by atomic mass is 10.2. The molecule has 0 unspecified atom stereocenters. The largest absolute Gasteiger partial charge is 0.478 e. The van der Waals surface area contributed by atoms with Gasteiger partial charge in [-0.3, -0.25) is 5.41 Å². The molecule has 0 radical (unpaired) electrons. The van der Waals surface area contributed by atoms with Gasteiger partial charge in [-0.2, -0.15) is 0 Å². The smallest absolute Gasteiger partial charge is 0.213 e. The SMILES string of the molecule is CCOC(=N)c1ccc(N)c(Br)c1. The first kappa shape index (κ1) is 10.1. The second-order valence-electron chi connectivity index (χ2n) is 2.50. The molecule has 0 aromatic heterocycles. The molecule has 0 aliphatic rings. The third-order valence-electron chi connectivity index (χ3n) is 1.55. The maximum Gasteiger partial charge on any atom is 0.213 e. The molecule has 1 aromatic rings. The van der Waals surface area contributed by atoms with E-state index in [9.17, 15) is 0 Å². The fourth-order valence-electron chi connectivity index (χ4n) is 0.896. The van der Waals surface area contributed by atoms with E-state index in [1.807, 2.05) is 6.92 Å². The van der Waals surface area contributed by atoms with Gasteiger partial charge in [0.2, 0.25) is 5.90 Å². The van der Waals surface area contributed by atoms with Gasteiger partial charge in [-0.25, -0.2) is 0 Å². The zero-order valence-corrected chi connectivity index (χ0v) is 8.89. The Labute approximate surface area is 85.5 Å². The fraction of sp³-hybridized carbons (Fsp3) is 0.222. The van der Waals surface area contributed by atoms with Crippen LogP contribution in [0.2, 0.25) is 0 Å². The van der Waals surface area contributed by atoms with Crippen LogP contribution < -0.4 is 5.73 Å². The first-order valence-electron chi connectivity index (χ1n) is 3.92. The van der Waals surface area contributed by atoms with E-state index in [0.29, 0.717) is 12.3 Å². The zero-order valence-electron chi connectivity index (χ0n) is 7.30. The second kappa shape index (κ2) is 4.28. The molecule has 4 heteroatoms. The van der Waals surface area contributed by atoms with Crippen molar-refractivity contribution < 1.29 is 4.74 Å². The number of rotatable bonds is 2. The Kier molecular flexibility index (Phi) is 3.31. The molecule has 70 valence electrons. The van der Waals surface area contributed by atoms with Gasteiger partial charge in [0.15, 0.2) is 0 Å². The Morgan fingerprint density at radius 3 is 2.85 bits per heavy atom. The first-order chi connectivity index (χ1) is 6.15. The van der Waals surface area contributed by atoms with Crippen LogP contribution >= 0.6 is 15.9 Å². The van der Waals surface area contributed by atoms with E-state index in [1.54, 1.807) is 18.2 Å². The van der Waals surface area contributed by atoms with Gasteiger partial charge in [-0.05, 0) is 41.1 Å². The number of hydrogen-bond acceptors (Lipinski definition) is 3.